The average Bonchev–Trinajstić information content (AvgIpc) is 2.14. The zero-order valence-electron chi connectivity index (χ0n) is 8.11. The van der Waals surface area contributed by atoms with Gasteiger partial charge >= 0.3 is 0 Å². The molecule has 3 N–H and O–H groups in total. The quantitative estimate of drug-likeness (QED) is 0.873. The van der Waals surface area contributed by atoms with Gasteiger partial charge in [-0.2, -0.15) is 0 Å². The number of nitrogens with two attached hydrogens (primary N) is 1. The number of sulfonamides is 1. The normalized spacial score (nSPS) is 10.9. The maximum Gasteiger partial charge on any atom is 0.245 e. The summed E-state index contributed by atoms with van der Waals surface area (Å²) < 4.78 is 38.5. The largest absolute Gasteiger partial charge is 0.329 e. The van der Waals surface area contributed by atoms with Crippen LogP contribution in [0.25, 0.3) is 0 Å². The SMILES string of the molecule is Cl.NCCNS(=O)(=O)c1c(F)cccc1Cl. The highest BCUT2D eigenvalue weighted by atomic mass is 35.5. The van der Waals surface area contributed by atoms with Crippen LogP contribution in [0.3, 0.4) is 0 Å². The molecule has 4 nitrogen and oxygen atoms in total. The van der Waals surface area contributed by atoms with E-state index in [1.165, 1.54) is 12.1 Å². The molecular formula is C8H11Cl2FN2O2S. The van der Waals surface area contributed by atoms with Crippen molar-refractivity contribution < 1.29 is 12.8 Å². The molecule has 0 aliphatic rings. The van der Waals surface area contributed by atoms with E-state index in [9.17, 15) is 12.8 Å². The molecule has 0 aliphatic heterocycles. The maximum absolute atomic E-state index is 13.2. The van der Waals surface area contributed by atoms with Crippen LogP contribution in [0.1, 0.15) is 0 Å². The third-order valence-electron chi connectivity index (χ3n) is 1.62. The highest BCUT2D eigenvalue weighted by Gasteiger charge is 2.21. The molecule has 0 saturated carbocycles. The van der Waals surface area contributed by atoms with E-state index in [-0.39, 0.29) is 30.5 Å². The first-order valence-corrected chi connectivity index (χ1v) is 5.99. The van der Waals surface area contributed by atoms with Crippen molar-refractivity contribution in [2.45, 2.75) is 4.90 Å². The highest BCUT2D eigenvalue weighted by Crippen LogP contribution is 2.23. The van der Waals surface area contributed by atoms with Crippen LogP contribution < -0.4 is 10.5 Å². The Morgan fingerprint density at radius 1 is 1.44 bits per heavy atom. The number of nitrogens with one attached hydrogen (secondary N) is 1. The molecular weight excluding hydrogens is 278 g/mol. The highest BCUT2D eigenvalue weighted by molar-refractivity contribution is 7.89. The minimum absolute atomic E-state index is 0. The van der Waals surface area contributed by atoms with Crippen molar-refractivity contribution >= 4 is 34.0 Å². The molecule has 0 unspecified atom stereocenters. The third-order valence-corrected chi connectivity index (χ3v) is 3.59. The standard InChI is InChI=1S/C8H10ClFN2O2S.ClH/c9-6-2-1-3-7(10)8(6)15(13,14)12-5-4-11;/h1-3,12H,4-5,11H2;1H. The monoisotopic (exact) mass is 288 g/mol. The van der Waals surface area contributed by atoms with Gasteiger partial charge in [-0.05, 0) is 12.1 Å². The number of hydrogen-bond donors (Lipinski definition) is 2. The van der Waals surface area contributed by atoms with Crippen LogP contribution >= 0.6 is 24.0 Å². The number of benzene rings is 1. The Balaban J connectivity index is 0.00000225. The van der Waals surface area contributed by atoms with E-state index in [1.807, 2.05) is 0 Å². The summed E-state index contributed by atoms with van der Waals surface area (Å²) >= 11 is 5.60. The number of rotatable bonds is 4. The topological polar surface area (TPSA) is 72.2 Å². The molecule has 16 heavy (non-hydrogen) atoms. The van der Waals surface area contributed by atoms with Crippen molar-refractivity contribution in [2.75, 3.05) is 13.1 Å². The summed E-state index contributed by atoms with van der Waals surface area (Å²) in [5, 5.41) is -0.153. The fourth-order valence-corrected chi connectivity index (χ4v) is 2.65. The first kappa shape index (κ1) is 15.6. The van der Waals surface area contributed by atoms with E-state index < -0.39 is 20.7 Å². The van der Waals surface area contributed by atoms with Crippen molar-refractivity contribution in [1.82, 2.24) is 4.72 Å². The Bertz CT molecular complexity index is 433. The smallest absolute Gasteiger partial charge is 0.245 e. The predicted molar refractivity (Wildman–Crippen MR) is 62.9 cm³/mol. The molecule has 0 fully saturated rings. The van der Waals surface area contributed by atoms with Gasteiger partial charge in [0, 0.05) is 13.1 Å². The van der Waals surface area contributed by atoms with Gasteiger partial charge in [-0.3, -0.25) is 0 Å². The van der Waals surface area contributed by atoms with E-state index in [1.54, 1.807) is 0 Å². The minimum atomic E-state index is -3.92. The zero-order chi connectivity index (χ0) is 11.5. The summed E-state index contributed by atoms with van der Waals surface area (Å²) in [4.78, 5) is -0.542. The van der Waals surface area contributed by atoms with E-state index in [0.29, 0.717) is 0 Å². The molecule has 0 radical (unpaired) electrons. The Morgan fingerprint density at radius 2 is 2.06 bits per heavy atom. The van der Waals surface area contributed by atoms with E-state index in [2.05, 4.69) is 4.72 Å². The van der Waals surface area contributed by atoms with Gasteiger partial charge in [0.05, 0.1) is 5.02 Å². The van der Waals surface area contributed by atoms with Gasteiger partial charge in [-0.1, -0.05) is 17.7 Å². The zero-order valence-corrected chi connectivity index (χ0v) is 10.5. The van der Waals surface area contributed by atoms with Crippen LogP contribution in [-0.2, 0) is 10.0 Å². The summed E-state index contributed by atoms with van der Waals surface area (Å²) in [7, 11) is -3.92. The molecule has 1 aromatic rings. The molecule has 0 spiro atoms. The van der Waals surface area contributed by atoms with Gasteiger partial charge in [-0.25, -0.2) is 17.5 Å². The molecule has 0 heterocycles. The lowest BCUT2D eigenvalue weighted by Crippen LogP contribution is -2.30. The second-order valence-electron chi connectivity index (χ2n) is 2.74. The van der Waals surface area contributed by atoms with Gasteiger partial charge in [0.15, 0.2) is 0 Å². The van der Waals surface area contributed by atoms with E-state index in [4.69, 9.17) is 17.3 Å². The predicted octanol–water partition coefficient (Wildman–Crippen LogP) is 1.14. The number of hydrogen-bond acceptors (Lipinski definition) is 3. The molecule has 0 saturated heterocycles. The Kier molecular flexibility index (Phi) is 6.20. The van der Waals surface area contributed by atoms with E-state index in [0.717, 1.165) is 6.07 Å². The van der Waals surface area contributed by atoms with Crippen molar-refractivity contribution in [1.29, 1.82) is 0 Å². The maximum atomic E-state index is 13.2. The first-order valence-electron chi connectivity index (χ1n) is 4.13. The molecule has 0 aliphatic carbocycles. The molecule has 0 atom stereocenters. The van der Waals surface area contributed by atoms with Crippen LogP contribution in [-0.4, -0.2) is 21.5 Å². The summed E-state index contributed by atoms with van der Waals surface area (Å²) in [5.74, 6) is -0.882. The summed E-state index contributed by atoms with van der Waals surface area (Å²) in [6.45, 7) is 0.165. The van der Waals surface area contributed by atoms with Crippen LogP contribution in [0.5, 0.6) is 0 Å². The van der Waals surface area contributed by atoms with Crippen LogP contribution in [0.15, 0.2) is 23.1 Å². The van der Waals surface area contributed by atoms with Gasteiger partial charge < -0.3 is 5.73 Å². The van der Waals surface area contributed by atoms with Gasteiger partial charge in [0.25, 0.3) is 0 Å². The fourth-order valence-electron chi connectivity index (χ4n) is 1.00. The van der Waals surface area contributed by atoms with Crippen molar-refractivity contribution in [3.63, 3.8) is 0 Å². The van der Waals surface area contributed by atoms with Gasteiger partial charge in [0.2, 0.25) is 10.0 Å². The lowest BCUT2D eigenvalue weighted by Gasteiger charge is -2.07. The second-order valence-corrected chi connectivity index (χ2v) is 4.85. The number of halogens is 3. The molecule has 1 aromatic carbocycles. The van der Waals surface area contributed by atoms with Crippen molar-refractivity contribution in [3.8, 4) is 0 Å². The van der Waals surface area contributed by atoms with Crippen LogP contribution in [0.4, 0.5) is 4.39 Å². The van der Waals surface area contributed by atoms with Crippen LogP contribution in [0.2, 0.25) is 5.02 Å². The van der Waals surface area contributed by atoms with Gasteiger partial charge in [0.1, 0.15) is 10.7 Å². The molecule has 92 valence electrons. The molecule has 0 amide bonds. The summed E-state index contributed by atoms with van der Waals surface area (Å²) in [5.41, 5.74) is 5.14. The summed E-state index contributed by atoms with van der Waals surface area (Å²) in [6.07, 6.45) is 0. The molecule has 0 bridgehead atoms. The van der Waals surface area contributed by atoms with Crippen molar-refractivity contribution in [3.05, 3.63) is 29.0 Å². The minimum Gasteiger partial charge on any atom is -0.329 e. The lowest BCUT2D eigenvalue weighted by atomic mass is 10.3. The third kappa shape index (κ3) is 3.57. The average molecular weight is 289 g/mol. The fraction of sp³-hybridized carbons (Fsp3) is 0.250. The Hall–Kier alpha value is -0.400. The van der Waals surface area contributed by atoms with Crippen LogP contribution in [0, 0.1) is 5.82 Å². The Morgan fingerprint density at radius 3 is 2.56 bits per heavy atom. The lowest BCUT2D eigenvalue weighted by molar-refractivity contribution is 0.557. The van der Waals surface area contributed by atoms with Crippen molar-refractivity contribution in [2.24, 2.45) is 5.73 Å². The summed E-state index contributed by atoms with van der Waals surface area (Å²) in [6, 6.07) is 3.67. The van der Waals surface area contributed by atoms with E-state index >= 15 is 0 Å². The molecule has 8 heteroatoms. The second kappa shape index (κ2) is 6.36. The molecule has 1 rings (SSSR count). The Labute approximate surface area is 104 Å². The first-order chi connectivity index (χ1) is 6.99. The van der Waals surface area contributed by atoms with Gasteiger partial charge in [-0.15, -0.1) is 12.4 Å². The molecule has 0 aromatic heterocycles.